The van der Waals surface area contributed by atoms with Crippen molar-refractivity contribution in [2.24, 2.45) is 5.41 Å². The van der Waals surface area contributed by atoms with E-state index in [1.54, 1.807) is 14.2 Å². The Morgan fingerprint density at radius 1 is 1.05 bits per heavy atom. The van der Waals surface area contributed by atoms with Gasteiger partial charge in [0.1, 0.15) is 0 Å². The van der Waals surface area contributed by atoms with Crippen molar-refractivity contribution in [2.75, 3.05) is 27.8 Å². The first-order valence-electron chi connectivity index (χ1n) is 6.88. The van der Waals surface area contributed by atoms with Crippen LogP contribution >= 0.6 is 0 Å². The van der Waals surface area contributed by atoms with Crippen molar-refractivity contribution in [1.82, 2.24) is 5.32 Å². The fraction of sp³-hybridized carbons (Fsp3) is 0.625. The van der Waals surface area contributed by atoms with Crippen LogP contribution in [0.3, 0.4) is 0 Å². The van der Waals surface area contributed by atoms with Gasteiger partial charge >= 0.3 is 0 Å². The fourth-order valence-corrected chi connectivity index (χ4v) is 2.11. The van der Waals surface area contributed by atoms with E-state index in [0.717, 1.165) is 24.5 Å². The molecule has 1 aromatic rings. The number of benzene rings is 1. The van der Waals surface area contributed by atoms with Crippen LogP contribution in [-0.2, 0) is 6.42 Å². The lowest BCUT2D eigenvalue weighted by molar-refractivity contribution is 0.305. The Hall–Kier alpha value is -1.22. The standard InChI is InChI=1S/C16H27NO2/c1-16(2,10-11-17-3)9-8-13-6-7-14(18-4)15(12-13)19-5/h6-7,12,17H,8-11H2,1-5H3. The molecule has 0 atom stereocenters. The summed E-state index contributed by atoms with van der Waals surface area (Å²) in [5.74, 6) is 1.61. The highest BCUT2D eigenvalue weighted by molar-refractivity contribution is 5.42. The molecule has 0 bridgehead atoms. The molecule has 0 spiro atoms. The molecule has 0 radical (unpaired) electrons. The predicted molar refractivity (Wildman–Crippen MR) is 80.2 cm³/mol. The van der Waals surface area contributed by atoms with Gasteiger partial charge in [0.15, 0.2) is 11.5 Å². The number of hydrogen-bond donors (Lipinski definition) is 1. The summed E-state index contributed by atoms with van der Waals surface area (Å²) < 4.78 is 10.6. The average molecular weight is 265 g/mol. The summed E-state index contributed by atoms with van der Waals surface area (Å²) in [4.78, 5) is 0. The van der Waals surface area contributed by atoms with Crippen molar-refractivity contribution >= 4 is 0 Å². The molecular formula is C16H27NO2. The van der Waals surface area contributed by atoms with E-state index in [9.17, 15) is 0 Å². The molecule has 19 heavy (non-hydrogen) atoms. The van der Waals surface area contributed by atoms with Gasteiger partial charge in [-0.2, -0.15) is 0 Å². The second-order valence-electron chi connectivity index (χ2n) is 5.71. The minimum absolute atomic E-state index is 0.357. The summed E-state index contributed by atoms with van der Waals surface area (Å²) in [7, 11) is 5.35. The predicted octanol–water partition coefficient (Wildman–Crippen LogP) is 3.27. The molecule has 3 heteroatoms. The first-order valence-corrected chi connectivity index (χ1v) is 6.88. The van der Waals surface area contributed by atoms with Crippen molar-refractivity contribution in [3.05, 3.63) is 23.8 Å². The van der Waals surface area contributed by atoms with E-state index in [2.05, 4.69) is 31.3 Å². The van der Waals surface area contributed by atoms with Gasteiger partial charge in [-0.1, -0.05) is 19.9 Å². The largest absolute Gasteiger partial charge is 0.493 e. The zero-order chi connectivity index (χ0) is 14.3. The Kier molecular flexibility index (Phi) is 6.16. The number of nitrogens with one attached hydrogen (secondary N) is 1. The molecule has 0 saturated carbocycles. The molecule has 0 aliphatic heterocycles. The maximum absolute atomic E-state index is 5.34. The van der Waals surface area contributed by atoms with Crippen LogP contribution < -0.4 is 14.8 Å². The van der Waals surface area contributed by atoms with Gasteiger partial charge in [-0.25, -0.2) is 0 Å². The highest BCUT2D eigenvalue weighted by Crippen LogP contribution is 2.31. The quantitative estimate of drug-likeness (QED) is 0.782. The highest BCUT2D eigenvalue weighted by atomic mass is 16.5. The van der Waals surface area contributed by atoms with Gasteiger partial charge in [-0.15, -0.1) is 0 Å². The maximum atomic E-state index is 5.34. The molecule has 1 N–H and O–H groups in total. The molecule has 0 aliphatic rings. The van der Waals surface area contributed by atoms with Gasteiger partial charge in [-0.05, 0) is 56.0 Å². The lowest BCUT2D eigenvalue weighted by Gasteiger charge is -2.24. The van der Waals surface area contributed by atoms with E-state index in [4.69, 9.17) is 9.47 Å². The molecule has 0 aliphatic carbocycles. The Morgan fingerprint density at radius 2 is 1.74 bits per heavy atom. The summed E-state index contributed by atoms with van der Waals surface area (Å²) >= 11 is 0. The Labute approximate surface area is 117 Å². The average Bonchev–Trinajstić information content (AvgIpc) is 2.42. The summed E-state index contributed by atoms with van der Waals surface area (Å²) in [6.07, 6.45) is 3.43. The normalized spacial score (nSPS) is 11.4. The van der Waals surface area contributed by atoms with Gasteiger partial charge < -0.3 is 14.8 Å². The van der Waals surface area contributed by atoms with E-state index in [1.165, 1.54) is 18.4 Å². The zero-order valence-electron chi connectivity index (χ0n) is 12.9. The van der Waals surface area contributed by atoms with E-state index in [1.807, 2.05) is 13.1 Å². The molecule has 0 amide bonds. The molecule has 108 valence electrons. The number of hydrogen-bond acceptors (Lipinski definition) is 3. The summed E-state index contributed by atoms with van der Waals surface area (Å²) in [6.45, 7) is 5.72. The first kappa shape index (κ1) is 15.8. The van der Waals surface area contributed by atoms with Crippen molar-refractivity contribution in [2.45, 2.75) is 33.1 Å². The third kappa shape index (κ3) is 5.11. The number of ether oxygens (including phenoxy) is 2. The van der Waals surface area contributed by atoms with Crippen LogP contribution in [0.1, 0.15) is 32.3 Å². The first-order chi connectivity index (χ1) is 9.02. The van der Waals surface area contributed by atoms with Crippen molar-refractivity contribution in [1.29, 1.82) is 0 Å². The van der Waals surface area contributed by atoms with Crippen molar-refractivity contribution < 1.29 is 9.47 Å². The van der Waals surface area contributed by atoms with Crippen LogP contribution in [0.4, 0.5) is 0 Å². The highest BCUT2D eigenvalue weighted by Gasteiger charge is 2.17. The minimum Gasteiger partial charge on any atom is -0.493 e. The smallest absolute Gasteiger partial charge is 0.160 e. The van der Waals surface area contributed by atoms with Gasteiger partial charge in [0.25, 0.3) is 0 Å². The summed E-state index contributed by atoms with van der Waals surface area (Å²) in [5.41, 5.74) is 1.66. The second-order valence-corrected chi connectivity index (χ2v) is 5.71. The van der Waals surface area contributed by atoms with Crippen LogP contribution in [0.2, 0.25) is 0 Å². The van der Waals surface area contributed by atoms with E-state index >= 15 is 0 Å². The van der Waals surface area contributed by atoms with E-state index in [-0.39, 0.29) is 0 Å². The lowest BCUT2D eigenvalue weighted by atomic mass is 9.83. The second kappa shape index (κ2) is 7.39. The molecule has 0 unspecified atom stereocenters. The summed E-state index contributed by atoms with van der Waals surface area (Å²) in [6, 6.07) is 6.18. The molecule has 0 heterocycles. The third-order valence-electron chi connectivity index (χ3n) is 3.59. The van der Waals surface area contributed by atoms with Crippen LogP contribution in [0.25, 0.3) is 0 Å². The molecule has 0 aromatic heterocycles. The Balaban J connectivity index is 2.62. The Morgan fingerprint density at radius 3 is 2.32 bits per heavy atom. The lowest BCUT2D eigenvalue weighted by Crippen LogP contribution is -2.20. The van der Waals surface area contributed by atoms with Crippen molar-refractivity contribution in [3.63, 3.8) is 0 Å². The molecule has 1 aromatic carbocycles. The van der Waals surface area contributed by atoms with Gasteiger partial charge in [0.05, 0.1) is 14.2 Å². The van der Waals surface area contributed by atoms with Gasteiger partial charge in [0.2, 0.25) is 0 Å². The van der Waals surface area contributed by atoms with E-state index < -0.39 is 0 Å². The molecule has 0 saturated heterocycles. The molecule has 0 fully saturated rings. The molecule has 1 rings (SSSR count). The van der Waals surface area contributed by atoms with E-state index in [0.29, 0.717) is 5.41 Å². The van der Waals surface area contributed by atoms with Crippen LogP contribution in [0.5, 0.6) is 11.5 Å². The minimum atomic E-state index is 0.357. The van der Waals surface area contributed by atoms with Crippen LogP contribution in [0, 0.1) is 5.41 Å². The summed E-state index contributed by atoms with van der Waals surface area (Å²) in [5, 5.41) is 3.22. The zero-order valence-corrected chi connectivity index (χ0v) is 12.9. The maximum Gasteiger partial charge on any atom is 0.160 e. The van der Waals surface area contributed by atoms with Gasteiger partial charge in [-0.3, -0.25) is 0 Å². The van der Waals surface area contributed by atoms with Crippen LogP contribution in [0.15, 0.2) is 18.2 Å². The SMILES string of the molecule is CNCCC(C)(C)CCc1ccc(OC)c(OC)c1. The fourth-order valence-electron chi connectivity index (χ4n) is 2.11. The number of rotatable bonds is 8. The molecular weight excluding hydrogens is 238 g/mol. The van der Waals surface area contributed by atoms with Crippen molar-refractivity contribution in [3.8, 4) is 11.5 Å². The Bertz CT molecular complexity index is 388. The number of aryl methyl sites for hydroxylation is 1. The van der Waals surface area contributed by atoms with Gasteiger partial charge in [0, 0.05) is 0 Å². The number of methoxy groups -OCH3 is 2. The monoisotopic (exact) mass is 265 g/mol. The third-order valence-corrected chi connectivity index (χ3v) is 3.59. The molecule has 3 nitrogen and oxygen atoms in total. The topological polar surface area (TPSA) is 30.5 Å². The van der Waals surface area contributed by atoms with Crippen LogP contribution in [-0.4, -0.2) is 27.8 Å².